The first kappa shape index (κ1) is 8.42. The van der Waals surface area contributed by atoms with Gasteiger partial charge in [-0.15, -0.1) is 0 Å². The molecule has 0 bridgehead atoms. The SMILES string of the molecule is O[B]Oc1cccc(Br)c1O. The van der Waals surface area contributed by atoms with Gasteiger partial charge < -0.3 is 14.8 Å². The van der Waals surface area contributed by atoms with Gasteiger partial charge in [0.25, 0.3) is 0 Å². The van der Waals surface area contributed by atoms with Gasteiger partial charge in [0.1, 0.15) is 5.75 Å². The number of halogens is 1. The van der Waals surface area contributed by atoms with Crippen LogP contribution in [-0.2, 0) is 0 Å². The van der Waals surface area contributed by atoms with Crippen molar-refractivity contribution >= 4 is 23.6 Å². The fourth-order valence-electron chi connectivity index (χ4n) is 0.647. The van der Waals surface area contributed by atoms with Crippen LogP contribution in [0.3, 0.4) is 0 Å². The van der Waals surface area contributed by atoms with Crippen molar-refractivity contribution in [2.75, 3.05) is 0 Å². The Kier molecular flexibility index (Phi) is 2.79. The van der Waals surface area contributed by atoms with Crippen LogP contribution in [0, 0.1) is 0 Å². The second-order valence-electron chi connectivity index (χ2n) is 1.81. The van der Waals surface area contributed by atoms with Crippen LogP contribution in [0.15, 0.2) is 22.7 Å². The molecule has 0 amide bonds. The molecular weight excluding hydrogens is 211 g/mol. The van der Waals surface area contributed by atoms with Crippen LogP contribution in [0.25, 0.3) is 0 Å². The Morgan fingerprint density at radius 2 is 2.18 bits per heavy atom. The van der Waals surface area contributed by atoms with Gasteiger partial charge in [0, 0.05) is 0 Å². The number of phenols is 1. The molecule has 1 aromatic carbocycles. The smallest absolute Gasteiger partial charge is 0.535 e. The molecule has 0 fully saturated rings. The molecule has 5 heteroatoms. The normalized spacial score (nSPS) is 9.27. The summed E-state index contributed by atoms with van der Waals surface area (Å²) >= 11 is 3.09. The maximum absolute atomic E-state index is 9.23. The lowest BCUT2D eigenvalue weighted by atomic mass is 10.3. The van der Waals surface area contributed by atoms with E-state index >= 15 is 0 Å². The summed E-state index contributed by atoms with van der Waals surface area (Å²) in [6, 6.07) is 4.88. The van der Waals surface area contributed by atoms with E-state index in [-0.39, 0.29) is 11.5 Å². The lowest BCUT2D eigenvalue weighted by Crippen LogP contribution is -1.99. The molecule has 11 heavy (non-hydrogen) atoms. The van der Waals surface area contributed by atoms with E-state index in [9.17, 15) is 5.11 Å². The van der Waals surface area contributed by atoms with Crippen molar-refractivity contribution in [3.8, 4) is 11.5 Å². The summed E-state index contributed by atoms with van der Waals surface area (Å²) in [5.74, 6) is 0.180. The van der Waals surface area contributed by atoms with E-state index in [1.165, 1.54) is 6.07 Å². The molecule has 57 valence electrons. The number of hydrogen-bond donors (Lipinski definition) is 2. The van der Waals surface area contributed by atoms with E-state index in [1.54, 1.807) is 12.1 Å². The summed E-state index contributed by atoms with van der Waals surface area (Å²) in [4.78, 5) is 0. The second-order valence-corrected chi connectivity index (χ2v) is 2.66. The number of rotatable bonds is 2. The summed E-state index contributed by atoms with van der Waals surface area (Å²) in [7, 11) is 0.515. The molecule has 1 rings (SSSR count). The van der Waals surface area contributed by atoms with Gasteiger partial charge in [-0.1, -0.05) is 6.07 Å². The maximum atomic E-state index is 9.23. The summed E-state index contributed by atoms with van der Waals surface area (Å²) in [6.45, 7) is 0. The Balaban J connectivity index is 2.96. The van der Waals surface area contributed by atoms with E-state index in [2.05, 4.69) is 20.6 Å². The van der Waals surface area contributed by atoms with Crippen molar-refractivity contribution in [2.45, 2.75) is 0 Å². The van der Waals surface area contributed by atoms with Crippen LogP contribution in [0.4, 0.5) is 0 Å². The zero-order valence-electron chi connectivity index (χ0n) is 5.49. The number of aromatic hydroxyl groups is 1. The van der Waals surface area contributed by atoms with E-state index < -0.39 is 0 Å². The molecule has 0 atom stereocenters. The van der Waals surface area contributed by atoms with Gasteiger partial charge in [-0.2, -0.15) is 0 Å². The molecule has 3 nitrogen and oxygen atoms in total. The van der Waals surface area contributed by atoms with Gasteiger partial charge in [0.05, 0.1) is 4.47 Å². The van der Waals surface area contributed by atoms with Crippen LogP contribution < -0.4 is 4.65 Å². The molecule has 0 aromatic heterocycles. The average molecular weight is 216 g/mol. The van der Waals surface area contributed by atoms with Gasteiger partial charge in [0.15, 0.2) is 5.75 Å². The Labute approximate surface area is 73.1 Å². The van der Waals surface area contributed by atoms with Crippen LogP contribution in [0.5, 0.6) is 11.5 Å². The largest absolute Gasteiger partial charge is 0.569 e. The first-order chi connectivity index (χ1) is 5.25. The first-order valence-corrected chi connectivity index (χ1v) is 3.65. The Hall–Kier alpha value is -0.675. The lowest BCUT2D eigenvalue weighted by Gasteiger charge is -2.04. The van der Waals surface area contributed by atoms with Gasteiger partial charge >= 0.3 is 7.69 Å². The molecule has 0 spiro atoms. The van der Waals surface area contributed by atoms with Crippen LogP contribution in [0.1, 0.15) is 0 Å². The molecule has 0 saturated heterocycles. The average Bonchev–Trinajstić information content (AvgIpc) is 1.99. The Morgan fingerprint density at radius 3 is 2.82 bits per heavy atom. The van der Waals surface area contributed by atoms with Gasteiger partial charge in [-0.3, -0.25) is 0 Å². The zero-order valence-corrected chi connectivity index (χ0v) is 7.08. The van der Waals surface area contributed by atoms with Crippen molar-refractivity contribution in [1.29, 1.82) is 0 Å². The second kappa shape index (κ2) is 3.64. The molecule has 1 aromatic rings. The quantitative estimate of drug-likeness (QED) is 0.726. The van der Waals surface area contributed by atoms with Crippen molar-refractivity contribution in [2.24, 2.45) is 0 Å². The number of benzene rings is 1. The minimum absolute atomic E-state index is 0.0298. The third-order valence-electron chi connectivity index (χ3n) is 1.13. The summed E-state index contributed by atoms with van der Waals surface area (Å²) in [6.07, 6.45) is 0. The summed E-state index contributed by atoms with van der Waals surface area (Å²) in [5, 5.41) is 17.5. The van der Waals surface area contributed by atoms with Gasteiger partial charge in [0.2, 0.25) is 0 Å². The Bertz CT molecular complexity index is 254. The molecule has 0 aliphatic heterocycles. The molecule has 2 N–H and O–H groups in total. The Morgan fingerprint density at radius 1 is 1.45 bits per heavy atom. The molecule has 0 aliphatic carbocycles. The van der Waals surface area contributed by atoms with Crippen LogP contribution in [0.2, 0.25) is 0 Å². The number of hydrogen-bond acceptors (Lipinski definition) is 3. The first-order valence-electron chi connectivity index (χ1n) is 2.85. The van der Waals surface area contributed by atoms with Crippen molar-refractivity contribution in [3.05, 3.63) is 22.7 Å². The lowest BCUT2D eigenvalue weighted by molar-refractivity contribution is 0.408. The third-order valence-corrected chi connectivity index (χ3v) is 1.77. The van der Waals surface area contributed by atoms with E-state index in [1.807, 2.05) is 0 Å². The zero-order chi connectivity index (χ0) is 8.27. The van der Waals surface area contributed by atoms with Crippen molar-refractivity contribution < 1.29 is 14.8 Å². The molecule has 0 heterocycles. The van der Waals surface area contributed by atoms with Gasteiger partial charge in [-0.25, -0.2) is 0 Å². The van der Waals surface area contributed by atoms with Crippen molar-refractivity contribution in [3.63, 3.8) is 0 Å². The molecule has 0 saturated carbocycles. The molecule has 1 radical (unpaired) electrons. The number of para-hydroxylation sites is 1. The standard InChI is InChI=1S/C6H5BBrO3/c8-4-2-1-3-5(6(4)9)11-7-10/h1-3,9-10H. The van der Waals surface area contributed by atoms with Crippen LogP contribution in [-0.4, -0.2) is 17.8 Å². The van der Waals surface area contributed by atoms with E-state index in [0.717, 1.165) is 0 Å². The summed E-state index contributed by atoms with van der Waals surface area (Å²) < 4.78 is 5.09. The monoisotopic (exact) mass is 215 g/mol. The highest BCUT2D eigenvalue weighted by Gasteiger charge is 2.04. The molecule has 0 unspecified atom stereocenters. The predicted molar refractivity (Wildman–Crippen MR) is 44.4 cm³/mol. The maximum Gasteiger partial charge on any atom is 0.569 e. The highest BCUT2D eigenvalue weighted by Crippen LogP contribution is 2.32. The highest BCUT2D eigenvalue weighted by molar-refractivity contribution is 9.10. The van der Waals surface area contributed by atoms with E-state index in [4.69, 9.17) is 5.02 Å². The minimum atomic E-state index is -0.0298. The van der Waals surface area contributed by atoms with Crippen molar-refractivity contribution in [1.82, 2.24) is 0 Å². The minimum Gasteiger partial charge on any atom is -0.535 e. The number of phenolic OH excluding ortho intramolecular Hbond substituents is 1. The van der Waals surface area contributed by atoms with Gasteiger partial charge in [-0.05, 0) is 28.1 Å². The summed E-state index contributed by atoms with van der Waals surface area (Å²) in [5.41, 5.74) is 0. The van der Waals surface area contributed by atoms with E-state index in [0.29, 0.717) is 12.2 Å². The molecule has 0 aliphatic rings. The predicted octanol–water partition coefficient (Wildman–Crippen LogP) is 1.06. The fraction of sp³-hybridized carbons (Fsp3) is 0. The third kappa shape index (κ3) is 1.88. The topological polar surface area (TPSA) is 49.7 Å². The van der Waals surface area contributed by atoms with Crippen LogP contribution >= 0.6 is 15.9 Å². The molecular formula is C6H5BBrO3. The fourth-order valence-corrected chi connectivity index (χ4v) is 0.995. The highest BCUT2D eigenvalue weighted by atomic mass is 79.9.